The van der Waals surface area contributed by atoms with Gasteiger partial charge < -0.3 is 10.1 Å². The van der Waals surface area contributed by atoms with Gasteiger partial charge in [0.05, 0.1) is 6.61 Å². The minimum Gasteiger partial charge on any atom is -0.383 e. The number of methoxy groups -OCH3 is 1. The Labute approximate surface area is 119 Å². The van der Waals surface area contributed by atoms with Gasteiger partial charge in [0.2, 0.25) is 10.0 Å². The zero-order chi connectivity index (χ0) is 14.3. The monoisotopic (exact) mass is 306 g/mol. The van der Waals surface area contributed by atoms with E-state index in [0.29, 0.717) is 10.8 Å². The van der Waals surface area contributed by atoms with Crippen LogP contribution in [0.2, 0.25) is 0 Å². The first kappa shape index (κ1) is 16.6. The van der Waals surface area contributed by atoms with Crippen molar-refractivity contribution in [2.75, 3.05) is 26.8 Å². The predicted octanol–water partition coefficient (Wildman–Crippen LogP) is 1.21. The summed E-state index contributed by atoms with van der Waals surface area (Å²) in [5.41, 5.74) is 0. The first-order valence-electron chi connectivity index (χ1n) is 6.30. The molecule has 0 fully saturated rings. The molecule has 1 atom stereocenters. The van der Waals surface area contributed by atoms with Crippen LogP contribution in [0, 0.1) is 0 Å². The molecular weight excluding hydrogens is 284 g/mol. The second-order valence-electron chi connectivity index (χ2n) is 4.30. The van der Waals surface area contributed by atoms with Gasteiger partial charge in [0, 0.05) is 18.0 Å². The van der Waals surface area contributed by atoms with E-state index in [2.05, 4.69) is 10.0 Å². The normalized spacial score (nSPS) is 13.6. The van der Waals surface area contributed by atoms with Gasteiger partial charge in [-0.15, -0.1) is 11.3 Å². The summed E-state index contributed by atoms with van der Waals surface area (Å²) in [6.07, 6.45) is 0.849. The second-order valence-corrected chi connectivity index (χ2v) is 7.41. The third-order valence-corrected chi connectivity index (χ3v) is 5.70. The Kier molecular flexibility index (Phi) is 6.95. The second kappa shape index (κ2) is 7.96. The molecule has 19 heavy (non-hydrogen) atoms. The molecule has 2 N–H and O–H groups in total. The number of ether oxygens (including phenoxy) is 1. The van der Waals surface area contributed by atoms with Crippen molar-refractivity contribution in [2.45, 2.75) is 30.5 Å². The Hall–Kier alpha value is -0.470. The van der Waals surface area contributed by atoms with Crippen LogP contribution in [-0.2, 0) is 21.2 Å². The summed E-state index contributed by atoms with van der Waals surface area (Å²) in [6.45, 7) is 5.97. The van der Waals surface area contributed by atoms with E-state index in [-0.39, 0.29) is 6.04 Å². The van der Waals surface area contributed by atoms with Crippen LogP contribution >= 0.6 is 11.3 Å². The molecule has 0 bridgehead atoms. The molecule has 0 aromatic carbocycles. The summed E-state index contributed by atoms with van der Waals surface area (Å²) < 4.78 is 32.1. The van der Waals surface area contributed by atoms with Crippen LogP contribution in [0.3, 0.4) is 0 Å². The van der Waals surface area contributed by atoms with E-state index in [9.17, 15) is 8.42 Å². The van der Waals surface area contributed by atoms with Crippen molar-refractivity contribution in [1.82, 2.24) is 10.0 Å². The van der Waals surface area contributed by atoms with Gasteiger partial charge in [0.1, 0.15) is 4.21 Å². The van der Waals surface area contributed by atoms with E-state index in [1.807, 2.05) is 13.0 Å². The average molecular weight is 306 g/mol. The molecule has 110 valence electrons. The van der Waals surface area contributed by atoms with Crippen molar-refractivity contribution < 1.29 is 13.2 Å². The molecule has 1 rings (SSSR count). The molecule has 0 saturated heterocycles. The molecule has 0 radical (unpaired) electrons. The lowest BCUT2D eigenvalue weighted by Gasteiger charge is -2.11. The molecule has 0 aliphatic carbocycles. The molecule has 0 amide bonds. The highest BCUT2D eigenvalue weighted by Gasteiger charge is 2.19. The van der Waals surface area contributed by atoms with Crippen LogP contribution in [0.4, 0.5) is 0 Å². The van der Waals surface area contributed by atoms with Crippen LogP contribution in [0.1, 0.15) is 18.7 Å². The van der Waals surface area contributed by atoms with Crippen LogP contribution in [-0.4, -0.2) is 41.3 Å². The van der Waals surface area contributed by atoms with E-state index in [1.54, 1.807) is 20.1 Å². The van der Waals surface area contributed by atoms with Gasteiger partial charge in [-0.25, -0.2) is 13.1 Å². The van der Waals surface area contributed by atoms with Gasteiger partial charge in [-0.2, -0.15) is 0 Å². The summed E-state index contributed by atoms with van der Waals surface area (Å²) in [4.78, 5) is 1.07. The molecular formula is C12H22N2O3S2. The summed E-state index contributed by atoms with van der Waals surface area (Å²) in [7, 11) is -1.87. The Balaban J connectivity index is 2.63. The number of rotatable bonds is 9. The summed E-state index contributed by atoms with van der Waals surface area (Å²) in [6, 6.07) is 3.30. The summed E-state index contributed by atoms with van der Waals surface area (Å²) in [5.74, 6) is 0. The van der Waals surface area contributed by atoms with Crippen LogP contribution < -0.4 is 10.0 Å². The van der Waals surface area contributed by atoms with Crippen LogP contribution in [0.5, 0.6) is 0 Å². The third kappa shape index (κ3) is 5.58. The maximum Gasteiger partial charge on any atom is 0.250 e. The first-order valence-corrected chi connectivity index (χ1v) is 8.60. The lowest BCUT2D eigenvalue weighted by molar-refractivity contribution is 0.180. The number of hydrogen-bond acceptors (Lipinski definition) is 5. The van der Waals surface area contributed by atoms with Gasteiger partial charge in [-0.1, -0.05) is 6.92 Å². The molecule has 5 nitrogen and oxygen atoms in total. The van der Waals surface area contributed by atoms with Crippen molar-refractivity contribution in [3.8, 4) is 0 Å². The van der Waals surface area contributed by atoms with Crippen molar-refractivity contribution in [3.05, 3.63) is 17.0 Å². The van der Waals surface area contributed by atoms with Crippen molar-refractivity contribution in [1.29, 1.82) is 0 Å². The summed E-state index contributed by atoms with van der Waals surface area (Å²) in [5, 5.41) is 3.22. The Morgan fingerprint density at radius 2 is 2.16 bits per heavy atom. The van der Waals surface area contributed by atoms with E-state index < -0.39 is 10.0 Å². The van der Waals surface area contributed by atoms with Gasteiger partial charge in [-0.3, -0.25) is 0 Å². The van der Waals surface area contributed by atoms with Crippen molar-refractivity contribution in [2.24, 2.45) is 0 Å². The molecule has 0 spiro atoms. The molecule has 1 aromatic rings. The number of nitrogens with one attached hydrogen (secondary N) is 2. The van der Waals surface area contributed by atoms with Crippen LogP contribution in [0.15, 0.2) is 16.3 Å². The van der Waals surface area contributed by atoms with Crippen molar-refractivity contribution >= 4 is 21.4 Å². The molecule has 0 saturated carbocycles. The number of hydrogen-bond donors (Lipinski definition) is 2. The minimum absolute atomic E-state index is 0.234. The largest absolute Gasteiger partial charge is 0.383 e. The lowest BCUT2D eigenvalue weighted by atomic mass is 10.3. The predicted molar refractivity (Wildman–Crippen MR) is 78.2 cm³/mol. The molecule has 7 heteroatoms. The number of thiophene rings is 1. The fourth-order valence-corrected chi connectivity index (χ4v) is 4.23. The summed E-state index contributed by atoms with van der Waals surface area (Å²) >= 11 is 1.32. The quantitative estimate of drug-likeness (QED) is 0.673. The molecule has 1 aromatic heterocycles. The standard InChI is InChI=1S/C12H22N2O3S2/c1-4-13-8-7-11-5-6-12(18-11)19(15,16)14-10(2)9-17-3/h5-6,10,13-14H,4,7-9H2,1-3H3. The van der Waals surface area contributed by atoms with Crippen molar-refractivity contribution in [3.63, 3.8) is 0 Å². The molecule has 1 heterocycles. The third-order valence-electron chi connectivity index (χ3n) is 2.47. The number of sulfonamides is 1. The highest BCUT2D eigenvalue weighted by Crippen LogP contribution is 2.21. The van der Waals surface area contributed by atoms with Gasteiger partial charge in [0.25, 0.3) is 0 Å². The molecule has 0 aliphatic heterocycles. The maximum atomic E-state index is 12.1. The zero-order valence-electron chi connectivity index (χ0n) is 11.6. The zero-order valence-corrected chi connectivity index (χ0v) is 13.2. The Morgan fingerprint density at radius 1 is 1.42 bits per heavy atom. The van der Waals surface area contributed by atoms with E-state index >= 15 is 0 Å². The number of likely N-dealkylation sites (N-methyl/N-ethyl adjacent to an activating group) is 1. The average Bonchev–Trinajstić information content (AvgIpc) is 2.78. The van der Waals surface area contributed by atoms with Gasteiger partial charge in [0.15, 0.2) is 0 Å². The first-order chi connectivity index (χ1) is 8.99. The smallest absolute Gasteiger partial charge is 0.250 e. The van der Waals surface area contributed by atoms with E-state index in [4.69, 9.17) is 4.74 Å². The fourth-order valence-electron chi connectivity index (χ4n) is 1.63. The van der Waals surface area contributed by atoms with E-state index in [1.165, 1.54) is 11.3 Å². The van der Waals surface area contributed by atoms with Crippen LogP contribution in [0.25, 0.3) is 0 Å². The highest BCUT2D eigenvalue weighted by molar-refractivity contribution is 7.91. The van der Waals surface area contributed by atoms with Gasteiger partial charge in [-0.05, 0) is 38.6 Å². The van der Waals surface area contributed by atoms with Gasteiger partial charge >= 0.3 is 0 Å². The minimum atomic E-state index is -3.42. The molecule has 1 unspecified atom stereocenters. The Morgan fingerprint density at radius 3 is 2.79 bits per heavy atom. The van der Waals surface area contributed by atoms with E-state index in [0.717, 1.165) is 24.4 Å². The fraction of sp³-hybridized carbons (Fsp3) is 0.667. The highest BCUT2D eigenvalue weighted by atomic mass is 32.2. The Bertz CT molecular complexity index is 471. The maximum absolute atomic E-state index is 12.1. The molecule has 0 aliphatic rings. The lowest BCUT2D eigenvalue weighted by Crippen LogP contribution is -2.35. The topological polar surface area (TPSA) is 67.4 Å². The SMILES string of the molecule is CCNCCc1ccc(S(=O)(=O)NC(C)COC)s1.